The first-order valence-corrected chi connectivity index (χ1v) is 9.38. The minimum absolute atomic E-state index is 0.0547. The van der Waals surface area contributed by atoms with Gasteiger partial charge in [0.1, 0.15) is 11.5 Å². The number of hydrogen-bond acceptors (Lipinski definition) is 4. The van der Waals surface area contributed by atoms with Crippen LogP contribution >= 0.6 is 11.6 Å². The van der Waals surface area contributed by atoms with Gasteiger partial charge >= 0.3 is 0 Å². The number of benzene rings is 1. The summed E-state index contributed by atoms with van der Waals surface area (Å²) in [6.07, 6.45) is 3.29. The van der Waals surface area contributed by atoms with Crippen molar-refractivity contribution in [3.05, 3.63) is 82.1 Å². The molecule has 148 valence electrons. The minimum atomic E-state index is -0.458. The smallest absolute Gasteiger partial charge is 0.272 e. The third-order valence-corrected chi connectivity index (χ3v) is 5.07. The summed E-state index contributed by atoms with van der Waals surface area (Å²) in [5, 5.41) is 7.28. The number of pyridine rings is 1. The highest BCUT2D eigenvalue weighted by Gasteiger charge is 2.29. The van der Waals surface area contributed by atoms with E-state index >= 15 is 0 Å². The zero-order chi connectivity index (χ0) is 20.4. The van der Waals surface area contributed by atoms with Gasteiger partial charge in [0, 0.05) is 42.1 Å². The lowest BCUT2D eigenvalue weighted by molar-refractivity contribution is 0.0681. The average Bonchev–Trinajstić information content (AvgIpc) is 3.17. The van der Waals surface area contributed by atoms with Crippen LogP contribution < -0.4 is 5.32 Å². The van der Waals surface area contributed by atoms with Crippen molar-refractivity contribution in [3.63, 3.8) is 0 Å². The van der Waals surface area contributed by atoms with Gasteiger partial charge in [0.15, 0.2) is 5.69 Å². The van der Waals surface area contributed by atoms with Crippen molar-refractivity contribution in [3.8, 4) is 0 Å². The summed E-state index contributed by atoms with van der Waals surface area (Å²) >= 11 is 6.08. The largest absolute Gasteiger partial charge is 0.347 e. The average molecular weight is 414 g/mol. The van der Waals surface area contributed by atoms with E-state index in [-0.39, 0.29) is 40.3 Å². The van der Waals surface area contributed by atoms with Crippen molar-refractivity contribution in [2.75, 3.05) is 6.54 Å². The Morgan fingerprint density at radius 2 is 2.00 bits per heavy atom. The standard InChI is InChI=1S/C20H17ClFN5O2/c21-15-2-1-3-16(22)14(15)12-26-8-9-27-18(20(26)29)10-17(25-27)19(28)24-11-13-4-6-23-7-5-13/h1-7,10H,8-9,11-12H2,(H,24,28). The maximum atomic E-state index is 14.1. The molecule has 3 heterocycles. The predicted octanol–water partition coefficient (Wildman–Crippen LogP) is 2.66. The first kappa shape index (κ1) is 19.1. The van der Waals surface area contributed by atoms with Gasteiger partial charge in [-0.25, -0.2) is 4.39 Å². The van der Waals surface area contributed by atoms with Gasteiger partial charge in [-0.1, -0.05) is 17.7 Å². The van der Waals surface area contributed by atoms with Gasteiger partial charge < -0.3 is 10.2 Å². The minimum Gasteiger partial charge on any atom is -0.347 e. The van der Waals surface area contributed by atoms with Gasteiger partial charge in [-0.3, -0.25) is 19.3 Å². The van der Waals surface area contributed by atoms with Crippen LogP contribution in [0, 0.1) is 5.82 Å². The molecular formula is C20H17ClFN5O2. The van der Waals surface area contributed by atoms with E-state index in [0.717, 1.165) is 5.56 Å². The Balaban J connectivity index is 1.47. The normalized spacial score (nSPS) is 13.3. The molecule has 0 saturated carbocycles. The molecule has 0 fully saturated rings. The zero-order valence-corrected chi connectivity index (χ0v) is 16.1. The van der Waals surface area contributed by atoms with Crippen LogP contribution in [0.3, 0.4) is 0 Å². The van der Waals surface area contributed by atoms with Gasteiger partial charge in [-0.05, 0) is 29.8 Å². The molecule has 0 atom stereocenters. The Hall–Kier alpha value is -3.26. The molecule has 0 bridgehead atoms. The third-order valence-electron chi connectivity index (χ3n) is 4.71. The van der Waals surface area contributed by atoms with Crippen molar-refractivity contribution < 1.29 is 14.0 Å². The highest BCUT2D eigenvalue weighted by molar-refractivity contribution is 6.31. The number of carbonyl (C=O) groups is 2. The summed E-state index contributed by atoms with van der Waals surface area (Å²) in [7, 11) is 0. The van der Waals surface area contributed by atoms with E-state index in [0.29, 0.717) is 19.6 Å². The van der Waals surface area contributed by atoms with E-state index in [1.807, 2.05) is 0 Å². The first-order chi connectivity index (χ1) is 14.0. The molecule has 9 heteroatoms. The molecule has 3 aromatic rings. The van der Waals surface area contributed by atoms with Gasteiger partial charge in [0.2, 0.25) is 0 Å². The molecular weight excluding hydrogens is 397 g/mol. The van der Waals surface area contributed by atoms with E-state index in [1.165, 1.54) is 27.8 Å². The Morgan fingerprint density at radius 1 is 1.21 bits per heavy atom. The number of halogens is 2. The molecule has 1 aromatic carbocycles. The summed E-state index contributed by atoms with van der Waals surface area (Å²) in [5.74, 6) is -1.16. The lowest BCUT2D eigenvalue weighted by Gasteiger charge is -2.27. The van der Waals surface area contributed by atoms with Crippen molar-refractivity contribution in [1.29, 1.82) is 0 Å². The zero-order valence-electron chi connectivity index (χ0n) is 15.3. The number of fused-ring (bicyclic) bond motifs is 1. The van der Waals surface area contributed by atoms with Gasteiger partial charge in [-0.2, -0.15) is 5.10 Å². The Labute approximate surface area is 171 Å². The van der Waals surface area contributed by atoms with Gasteiger partial charge in [-0.15, -0.1) is 0 Å². The molecule has 1 N–H and O–H groups in total. The second-order valence-electron chi connectivity index (χ2n) is 6.60. The summed E-state index contributed by atoms with van der Waals surface area (Å²) in [4.78, 5) is 30.7. The predicted molar refractivity (Wildman–Crippen MR) is 104 cm³/mol. The maximum absolute atomic E-state index is 14.1. The SMILES string of the molecule is O=C(NCc1ccncc1)c1cc2n(n1)CCN(Cc1c(F)cccc1Cl)C2=O. The van der Waals surface area contributed by atoms with Crippen molar-refractivity contribution in [2.24, 2.45) is 0 Å². The molecule has 0 spiro atoms. The summed E-state index contributed by atoms with van der Waals surface area (Å²) < 4.78 is 15.6. The molecule has 7 nitrogen and oxygen atoms in total. The third kappa shape index (κ3) is 3.97. The van der Waals surface area contributed by atoms with Crippen molar-refractivity contribution in [1.82, 2.24) is 25.0 Å². The van der Waals surface area contributed by atoms with Gasteiger partial charge in [0.05, 0.1) is 13.1 Å². The molecule has 0 unspecified atom stereocenters. The Kier molecular flexibility index (Phi) is 5.26. The summed E-state index contributed by atoms with van der Waals surface area (Å²) in [5.41, 5.74) is 1.62. The number of hydrogen-bond donors (Lipinski definition) is 1. The van der Waals surface area contributed by atoms with Crippen LogP contribution in [0.25, 0.3) is 0 Å². The topological polar surface area (TPSA) is 80.1 Å². The fourth-order valence-electron chi connectivity index (χ4n) is 3.15. The van der Waals surface area contributed by atoms with Crippen molar-refractivity contribution >= 4 is 23.4 Å². The fraction of sp³-hybridized carbons (Fsp3) is 0.200. The lowest BCUT2D eigenvalue weighted by Crippen LogP contribution is -2.40. The number of nitrogens with one attached hydrogen (secondary N) is 1. The molecule has 0 aliphatic carbocycles. The number of nitrogens with zero attached hydrogens (tertiary/aromatic N) is 4. The van der Waals surface area contributed by atoms with Crippen LogP contribution in [0.4, 0.5) is 4.39 Å². The molecule has 1 aliphatic rings. The van der Waals surface area contributed by atoms with Crippen molar-refractivity contribution in [2.45, 2.75) is 19.6 Å². The van der Waals surface area contributed by atoms with Gasteiger partial charge in [0.25, 0.3) is 11.8 Å². The molecule has 29 heavy (non-hydrogen) atoms. The second kappa shape index (κ2) is 8.00. The highest BCUT2D eigenvalue weighted by Crippen LogP contribution is 2.23. The summed E-state index contributed by atoms with van der Waals surface area (Å²) in [6, 6.07) is 9.47. The summed E-state index contributed by atoms with van der Waals surface area (Å²) in [6.45, 7) is 1.13. The molecule has 0 saturated heterocycles. The number of carbonyl (C=O) groups excluding carboxylic acids is 2. The monoisotopic (exact) mass is 413 g/mol. The van der Waals surface area contributed by atoms with Crippen LogP contribution in [0.2, 0.25) is 5.02 Å². The van der Waals surface area contributed by atoms with E-state index < -0.39 is 5.82 Å². The van der Waals surface area contributed by atoms with Crippen LogP contribution in [-0.2, 0) is 19.6 Å². The number of amides is 2. The van der Waals surface area contributed by atoms with Crippen LogP contribution in [-0.4, -0.2) is 38.0 Å². The number of aromatic nitrogens is 3. The van der Waals surface area contributed by atoms with E-state index in [4.69, 9.17) is 11.6 Å². The lowest BCUT2D eigenvalue weighted by atomic mass is 10.1. The molecule has 2 amide bonds. The Morgan fingerprint density at radius 3 is 2.76 bits per heavy atom. The Bertz CT molecular complexity index is 1050. The fourth-order valence-corrected chi connectivity index (χ4v) is 3.37. The quantitative estimate of drug-likeness (QED) is 0.697. The molecule has 0 radical (unpaired) electrons. The molecule has 2 aromatic heterocycles. The maximum Gasteiger partial charge on any atom is 0.272 e. The van der Waals surface area contributed by atoms with E-state index in [1.54, 1.807) is 30.6 Å². The molecule has 4 rings (SSSR count). The molecule has 1 aliphatic heterocycles. The van der Waals surface area contributed by atoms with Crippen LogP contribution in [0.1, 0.15) is 32.1 Å². The van der Waals surface area contributed by atoms with Crippen LogP contribution in [0.15, 0.2) is 48.8 Å². The second-order valence-corrected chi connectivity index (χ2v) is 7.01. The highest BCUT2D eigenvalue weighted by atomic mass is 35.5. The van der Waals surface area contributed by atoms with Crippen LogP contribution in [0.5, 0.6) is 0 Å². The van der Waals surface area contributed by atoms with E-state index in [9.17, 15) is 14.0 Å². The van der Waals surface area contributed by atoms with E-state index in [2.05, 4.69) is 15.4 Å². The number of rotatable bonds is 5. The first-order valence-electron chi connectivity index (χ1n) is 9.00.